The van der Waals surface area contributed by atoms with Crippen LogP contribution in [0.5, 0.6) is 0 Å². The molecular weight excluding hydrogens is 436 g/mol. The van der Waals surface area contributed by atoms with E-state index in [9.17, 15) is 19.2 Å². The van der Waals surface area contributed by atoms with Crippen molar-refractivity contribution in [3.8, 4) is 0 Å². The molecule has 0 saturated heterocycles. The normalized spacial score (nSPS) is 10.7. The van der Waals surface area contributed by atoms with Gasteiger partial charge in [-0.05, 0) is 22.9 Å². The zero-order chi connectivity index (χ0) is 24.8. The molecule has 0 radical (unpaired) electrons. The average Bonchev–Trinajstić information content (AvgIpc) is 2.77. The first-order chi connectivity index (χ1) is 16.2. The van der Waals surface area contributed by atoms with Crippen LogP contribution in [0.4, 0.5) is 11.6 Å². The molecule has 34 heavy (non-hydrogen) atoms. The SMILES string of the molecule is CC(=O)NCCN(C(C)=O)c1nnc(N(CCNC(C)=O)C(C)=O)c2cc3ccccc3cc12. The summed E-state index contributed by atoms with van der Waals surface area (Å²) in [5.41, 5.74) is 0. The second kappa shape index (κ2) is 10.7. The molecule has 3 aromatic rings. The molecule has 10 heteroatoms. The second-order valence-corrected chi connectivity index (χ2v) is 7.90. The molecule has 0 aliphatic carbocycles. The highest BCUT2D eigenvalue weighted by atomic mass is 16.2. The lowest BCUT2D eigenvalue weighted by atomic mass is 10.0. The standard InChI is InChI=1S/C24H28N6O4/c1-15(31)25-9-11-29(17(3)33)23-21-13-19-7-5-6-8-20(19)14-22(21)24(28-27-23)30(18(4)34)12-10-26-16(2)32/h5-8,13-14H,9-12H2,1-4H3,(H,25,31)(H,26,32). The monoisotopic (exact) mass is 464 g/mol. The van der Waals surface area contributed by atoms with Crippen LogP contribution in [0, 0.1) is 0 Å². The minimum Gasteiger partial charge on any atom is -0.355 e. The molecule has 0 atom stereocenters. The van der Waals surface area contributed by atoms with Crippen LogP contribution in [0.2, 0.25) is 0 Å². The fourth-order valence-corrected chi connectivity index (χ4v) is 3.72. The number of hydrogen-bond donors (Lipinski definition) is 2. The summed E-state index contributed by atoms with van der Waals surface area (Å²) < 4.78 is 0. The summed E-state index contributed by atoms with van der Waals surface area (Å²) in [5.74, 6) is -0.221. The van der Waals surface area contributed by atoms with E-state index in [2.05, 4.69) is 20.8 Å². The summed E-state index contributed by atoms with van der Waals surface area (Å²) in [5, 5.41) is 17.2. The third kappa shape index (κ3) is 5.64. The Bertz CT molecular complexity index is 1160. The number of hydrogen-bond acceptors (Lipinski definition) is 6. The zero-order valence-electron chi connectivity index (χ0n) is 19.7. The molecule has 2 aromatic carbocycles. The number of carbonyl (C=O) groups is 4. The first-order valence-electron chi connectivity index (χ1n) is 10.9. The number of anilines is 2. The second-order valence-electron chi connectivity index (χ2n) is 7.90. The number of carbonyl (C=O) groups excluding carboxylic acids is 4. The van der Waals surface area contributed by atoms with Crippen LogP contribution >= 0.6 is 0 Å². The Morgan fingerprint density at radius 1 is 0.706 bits per heavy atom. The highest BCUT2D eigenvalue weighted by Crippen LogP contribution is 2.34. The third-order valence-electron chi connectivity index (χ3n) is 5.30. The number of rotatable bonds is 8. The molecular formula is C24H28N6O4. The molecule has 0 spiro atoms. The number of benzene rings is 2. The first kappa shape index (κ1) is 24.6. The van der Waals surface area contributed by atoms with Gasteiger partial charge in [0.15, 0.2) is 11.6 Å². The zero-order valence-corrected chi connectivity index (χ0v) is 19.7. The summed E-state index contributed by atoms with van der Waals surface area (Å²) in [7, 11) is 0. The maximum Gasteiger partial charge on any atom is 0.225 e. The van der Waals surface area contributed by atoms with Crippen LogP contribution in [0.1, 0.15) is 27.7 Å². The fraction of sp³-hybridized carbons (Fsp3) is 0.333. The van der Waals surface area contributed by atoms with Crippen molar-refractivity contribution in [2.45, 2.75) is 27.7 Å². The topological polar surface area (TPSA) is 125 Å². The minimum atomic E-state index is -0.254. The van der Waals surface area contributed by atoms with Crippen molar-refractivity contribution in [2.75, 3.05) is 36.0 Å². The van der Waals surface area contributed by atoms with Gasteiger partial charge in [0, 0.05) is 64.6 Å². The molecule has 1 aromatic heterocycles. The molecule has 0 bridgehead atoms. The van der Waals surface area contributed by atoms with Crippen molar-refractivity contribution >= 4 is 56.8 Å². The van der Waals surface area contributed by atoms with Crippen molar-refractivity contribution < 1.29 is 19.2 Å². The highest BCUT2D eigenvalue weighted by molar-refractivity contribution is 6.12. The average molecular weight is 465 g/mol. The van der Waals surface area contributed by atoms with E-state index in [4.69, 9.17) is 0 Å². The molecule has 0 aliphatic heterocycles. The van der Waals surface area contributed by atoms with E-state index in [0.29, 0.717) is 22.4 Å². The van der Waals surface area contributed by atoms with Gasteiger partial charge in [0.05, 0.1) is 0 Å². The van der Waals surface area contributed by atoms with E-state index >= 15 is 0 Å². The molecule has 0 unspecified atom stereocenters. The predicted molar refractivity (Wildman–Crippen MR) is 130 cm³/mol. The van der Waals surface area contributed by atoms with Gasteiger partial charge in [-0.25, -0.2) is 0 Å². The number of aromatic nitrogens is 2. The van der Waals surface area contributed by atoms with E-state index in [0.717, 1.165) is 10.8 Å². The predicted octanol–water partition coefficient (Wildman–Crippen LogP) is 1.76. The first-order valence-corrected chi connectivity index (χ1v) is 10.9. The Kier molecular flexibility index (Phi) is 7.72. The van der Waals surface area contributed by atoms with Crippen molar-refractivity contribution in [3.05, 3.63) is 36.4 Å². The van der Waals surface area contributed by atoms with E-state index in [-0.39, 0.29) is 49.8 Å². The highest BCUT2D eigenvalue weighted by Gasteiger charge is 2.23. The Balaban J connectivity index is 2.17. The van der Waals surface area contributed by atoms with Gasteiger partial charge in [-0.15, -0.1) is 10.2 Å². The molecule has 0 saturated carbocycles. The van der Waals surface area contributed by atoms with E-state index in [1.54, 1.807) is 0 Å². The van der Waals surface area contributed by atoms with Gasteiger partial charge >= 0.3 is 0 Å². The Morgan fingerprint density at radius 3 is 1.41 bits per heavy atom. The van der Waals surface area contributed by atoms with Crippen LogP contribution in [0.3, 0.4) is 0 Å². The van der Waals surface area contributed by atoms with Gasteiger partial charge in [0.25, 0.3) is 0 Å². The van der Waals surface area contributed by atoms with Crippen LogP contribution in [0.25, 0.3) is 21.5 Å². The largest absolute Gasteiger partial charge is 0.355 e. The van der Waals surface area contributed by atoms with Crippen molar-refractivity contribution in [2.24, 2.45) is 0 Å². The lowest BCUT2D eigenvalue weighted by Crippen LogP contribution is -2.39. The molecule has 0 fully saturated rings. The molecule has 10 nitrogen and oxygen atoms in total. The minimum absolute atomic E-state index is 0.197. The molecule has 178 valence electrons. The Hall–Kier alpha value is -4.08. The van der Waals surface area contributed by atoms with Crippen LogP contribution < -0.4 is 20.4 Å². The van der Waals surface area contributed by atoms with Crippen LogP contribution in [0.15, 0.2) is 36.4 Å². The summed E-state index contributed by atoms with van der Waals surface area (Å²) in [4.78, 5) is 50.5. The van der Waals surface area contributed by atoms with Gasteiger partial charge < -0.3 is 10.6 Å². The van der Waals surface area contributed by atoms with Gasteiger partial charge in [-0.2, -0.15) is 0 Å². The molecule has 1 heterocycles. The van der Waals surface area contributed by atoms with Crippen molar-refractivity contribution in [3.63, 3.8) is 0 Å². The van der Waals surface area contributed by atoms with E-state index in [1.165, 1.54) is 37.5 Å². The molecule has 3 rings (SSSR count). The van der Waals surface area contributed by atoms with Crippen molar-refractivity contribution in [1.29, 1.82) is 0 Å². The number of nitrogens with zero attached hydrogens (tertiary/aromatic N) is 4. The van der Waals surface area contributed by atoms with E-state index in [1.807, 2.05) is 36.4 Å². The van der Waals surface area contributed by atoms with Crippen LogP contribution in [-0.4, -0.2) is 60.0 Å². The fourth-order valence-electron chi connectivity index (χ4n) is 3.72. The number of fused-ring (bicyclic) bond motifs is 2. The van der Waals surface area contributed by atoms with Crippen LogP contribution in [-0.2, 0) is 19.2 Å². The number of amides is 4. The summed E-state index contributed by atoms with van der Waals surface area (Å²) in [6.45, 7) is 6.59. The quantitative estimate of drug-likeness (QED) is 0.490. The smallest absolute Gasteiger partial charge is 0.225 e. The molecule has 2 N–H and O–H groups in total. The summed E-state index contributed by atoms with van der Waals surface area (Å²) in [6.07, 6.45) is 0. The van der Waals surface area contributed by atoms with Gasteiger partial charge in [0.2, 0.25) is 23.6 Å². The molecule has 4 amide bonds. The van der Waals surface area contributed by atoms with Crippen molar-refractivity contribution in [1.82, 2.24) is 20.8 Å². The maximum absolute atomic E-state index is 12.5. The molecule has 0 aliphatic rings. The lowest BCUT2D eigenvalue weighted by molar-refractivity contribution is -0.120. The summed E-state index contributed by atoms with van der Waals surface area (Å²) >= 11 is 0. The summed E-state index contributed by atoms with van der Waals surface area (Å²) in [6, 6.07) is 11.6. The van der Waals surface area contributed by atoms with E-state index < -0.39 is 0 Å². The van der Waals surface area contributed by atoms with Gasteiger partial charge in [-0.1, -0.05) is 24.3 Å². The van der Waals surface area contributed by atoms with Gasteiger partial charge in [-0.3, -0.25) is 29.0 Å². The lowest BCUT2D eigenvalue weighted by Gasteiger charge is -2.25. The Labute approximate surface area is 197 Å². The maximum atomic E-state index is 12.5. The Morgan fingerprint density at radius 2 is 1.09 bits per heavy atom. The third-order valence-corrected chi connectivity index (χ3v) is 5.30. The number of nitrogens with one attached hydrogen (secondary N) is 2. The van der Waals surface area contributed by atoms with Gasteiger partial charge in [0.1, 0.15) is 0 Å².